The molecule has 2 atom stereocenters. The molecule has 0 amide bonds. The first-order valence-corrected chi connectivity index (χ1v) is 6.72. The van der Waals surface area contributed by atoms with Crippen molar-refractivity contribution in [2.75, 3.05) is 0 Å². The Balaban J connectivity index is 2.17. The van der Waals surface area contributed by atoms with Crippen LogP contribution in [0.15, 0.2) is 24.3 Å². The van der Waals surface area contributed by atoms with Crippen LogP contribution in [0.4, 0.5) is 0 Å². The van der Waals surface area contributed by atoms with E-state index in [2.05, 4.69) is 12.1 Å². The van der Waals surface area contributed by atoms with E-state index in [9.17, 15) is 4.79 Å². The Bertz CT molecular complexity index is 413. The molecule has 1 aliphatic carbocycles. The van der Waals surface area contributed by atoms with Gasteiger partial charge in [-0.1, -0.05) is 37.1 Å². The molecule has 0 heterocycles. The summed E-state index contributed by atoms with van der Waals surface area (Å²) in [5.74, 6) is 0.425. The van der Waals surface area contributed by atoms with Gasteiger partial charge in [0, 0.05) is 10.4 Å². The molecule has 1 nitrogen and oxygen atoms in total. The highest BCUT2D eigenvalue weighted by Crippen LogP contribution is 2.45. The normalized spacial score (nSPS) is 29.0. The molecule has 0 spiro atoms. The quantitative estimate of drug-likeness (QED) is 0.708. The third-order valence-corrected chi connectivity index (χ3v) is 4.50. The van der Waals surface area contributed by atoms with Gasteiger partial charge < -0.3 is 0 Å². The van der Waals surface area contributed by atoms with Gasteiger partial charge in [0.15, 0.2) is 0 Å². The zero-order valence-corrected chi connectivity index (χ0v) is 11.4. The molecule has 92 valence electrons. The van der Waals surface area contributed by atoms with Crippen molar-refractivity contribution >= 4 is 28.4 Å². The molecule has 1 aromatic carbocycles. The zero-order valence-electron chi connectivity index (χ0n) is 9.88. The molecule has 3 heteroatoms. The van der Waals surface area contributed by atoms with E-state index in [1.54, 1.807) is 0 Å². The van der Waals surface area contributed by atoms with Gasteiger partial charge in [-0.05, 0) is 54.5 Å². The van der Waals surface area contributed by atoms with E-state index in [0.29, 0.717) is 5.92 Å². The van der Waals surface area contributed by atoms with Crippen molar-refractivity contribution in [1.29, 1.82) is 0 Å². The Labute approximate surface area is 112 Å². The number of benzene rings is 1. The smallest absolute Gasteiger partial charge is 0.227 e. The number of hydrogen-bond donors (Lipinski definition) is 0. The largest absolute Gasteiger partial charge is 0.281 e. The second-order valence-corrected chi connectivity index (χ2v) is 5.96. The first-order valence-electron chi connectivity index (χ1n) is 5.97. The summed E-state index contributed by atoms with van der Waals surface area (Å²) in [6, 6.07) is 7.92. The fourth-order valence-electron chi connectivity index (χ4n) is 2.68. The van der Waals surface area contributed by atoms with Gasteiger partial charge in [-0.25, -0.2) is 0 Å². The van der Waals surface area contributed by atoms with E-state index in [1.807, 2.05) is 19.1 Å². The van der Waals surface area contributed by atoms with Crippen LogP contribution < -0.4 is 0 Å². The van der Waals surface area contributed by atoms with Crippen LogP contribution in [-0.4, -0.2) is 5.24 Å². The van der Waals surface area contributed by atoms with Gasteiger partial charge in [-0.2, -0.15) is 0 Å². The van der Waals surface area contributed by atoms with Crippen molar-refractivity contribution in [2.24, 2.45) is 5.41 Å². The van der Waals surface area contributed by atoms with Crippen molar-refractivity contribution in [3.05, 3.63) is 34.9 Å². The molecule has 0 aliphatic heterocycles. The van der Waals surface area contributed by atoms with Crippen molar-refractivity contribution < 1.29 is 4.79 Å². The van der Waals surface area contributed by atoms with E-state index >= 15 is 0 Å². The summed E-state index contributed by atoms with van der Waals surface area (Å²) in [6.45, 7) is 1.98. The first-order chi connectivity index (χ1) is 8.01. The Hall–Kier alpha value is -0.530. The molecular weight excluding hydrogens is 255 g/mol. The molecule has 1 aromatic rings. The second kappa shape index (κ2) is 4.99. The minimum atomic E-state index is -0.357. The van der Waals surface area contributed by atoms with E-state index in [0.717, 1.165) is 30.7 Å². The van der Waals surface area contributed by atoms with Crippen LogP contribution in [0.2, 0.25) is 5.02 Å². The molecule has 0 bridgehead atoms. The van der Waals surface area contributed by atoms with Crippen molar-refractivity contribution in [1.82, 2.24) is 0 Å². The molecule has 0 N–H and O–H groups in total. The van der Waals surface area contributed by atoms with Gasteiger partial charge in [-0.15, -0.1) is 0 Å². The molecule has 1 saturated carbocycles. The van der Waals surface area contributed by atoms with Crippen LogP contribution in [0.5, 0.6) is 0 Å². The van der Waals surface area contributed by atoms with Crippen LogP contribution in [-0.2, 0) is 4.79 Å². The second-order valence-electron chi connectivity index (χ2n) is 5.18. The van der Waals surface area contributed by atoms with Crippen LogP contribution in [0.1, 0.15) is 44.1 Å². The third-order valence-electron chi connectivity index (χ3n) is 3.79. The molecule has 1 fully saturated rings. The van der Waals surface area contributed by atoms with E-state index in [-0.39, 0.29) is 10.7 Å². The molecule has 0 saturated heterocycles. The third kappa shape index (κ3) is 2.83. The SMILES string of the molecule is C[C@@]1(C(=O)Cl)CCC[C@@H](c2ccc(Cl)cc2)C1. The Morgan fingerprint density at radius 1 is 1.35 bits per heavy atom. The maximum atomic E-state index is 11.5. The summed E-state index contributed by atoms with van der Waals surface area (Å²) in [5, 5.41) is 0.553. The topological polar surface area (TPSA) is 17.1 Å². The zero-order chi connectivity index (χ0) is 12.5. The number of rotatable bonds is 2. The highest BCUT2D eigenvalue weighted by molar-refractivity contribution is 6.64. The molecule has 0 aromatic heterocycles. The predicted octanol–water partition coefficient (Wildman–Crippen LogP) is 4.77. The summed E-state index contributed by atoms with van der Waals surface area (Å²) in [4.78, 5) is 11.5. The van der Waals surface area contributed by atoms with Crippen LogP contribution in [0.3, 0.4) is 0 Å². The monoisotopic (exact) mass is 270 g/mol. The summed E-state index contributed by atoms with van der Waals surface area (Å²) in [6.07, 6.45) is 3.93. The number of carbonyl (C=O) groups excluding carboxylic acids is 1. The van der Waals surface area contributed by atoms with Crippen molar-refractivity contribution in [3.63, 3.8) is 0 Å². The lowest BCUT2D eigenvalue weighted by Gasteiger charge is -2.35. The molecule has 2 rings (SSSR count). The molecule has 0 unspecified atom stereocenters. The highest BCUT2D eigenvalue weighted by Gasteiger charge is 2.37. The van der Waals surface area contributed by atoms with Gasteiger partial charge in [0.05, 0.1) is 0 Å². The summed E-state index contributed by atoms with van der Waals surface area (Å²) < 4.78 is 0. The Kier molecular flexibility index (Phi) is 3.79. The van der Waals surface area contributed by atoms with E-state index < -0.39 is 0 Å². The number of carbonyl (C=O) groups is 1. The van der Waals surface area contributed by atoms with Gasteiger partial charge in [0.2, 0.25) is 5.24 Å². The number of halogens is 2. The average molecular weight is 271 g/mol. The molecule has 17 heavy (non-hydrogen) atoms. The molecular formula is C14H16Cl2O. The van der Waals surface area contributed by atoms with Crippen molar-refractivity contribution in [2.45, 2.75) is 38.5 Å². The van der Waals surface area contributed by atoms with Gasteiger partial charge >= 0.3 is 0 Å². The van der Waals surface area contributed by atoms with Crippen LogP contribution in [0.25, 0.3) is 0 Å². The minimum Gasteiger partial charge on any atom is -0.281 e. The molecule has 0 radical (unpaired) electrons. The predicted molar refractivity (Wildman–Crippen MR) is 71.6 cm³/mol. The van der Waals surface area contributed by atoms with Crippen LogP contribution in [0, 0.1) is 5.41 Å². The van der Waals surface area contributed by atoms with Crippen LogP contribution >= 0.6 is 23.2 Å². The van der Waals surface area contributed by atoms with E-state index in [4.69, 9.17) is 23.2 Å². The fourth-order valence-corrected chi connectivity index (χ4v) is 2.98. The molecule has 1 aliphatic rings. The summed E-state index contributed by atoms with van der Waals surface area (Å²) >= 11 is 11.6. The first kappa shape index (κ1) is 12.9. The Morgan fingerprint density at radius 3 is 2.59 bits per heavy atom. The summed E-state index contributed by atoms with van der Waals surface area (Å²) in [7, 11) is 0. The van der Waals surface area contributed by atoms with Gasteiger partial charge in [0.25, 0.3) is 0 Å². The standard InChI is InChI=1S/C14H16Cl2O/c1-14(13(16)17)8-2-3-11(9-14)10-4-6-12(15)7-5-10/h4-7,11H,2-3,8-9H2,1H3/t11-,14-/m1/s1. The fraction of sp³-hybridized carbons (Fsp3) is 0.500. The summed E-state index contributed by atoms with van der Waals surface area (Å²) in [5.41, 5.74) is 0.905. The van der Waals surface area contributed by atoms with Crippen molar-refractivity contribution in [3.8, 4) is 0 Å². The van der Waals surface area contributed by atoms with Gasteiger partial charge in [0.1, 0.15) is 0 Å². The van der Waals surface area contributed by atoms with Gasteiger partial charge in [-0.3, -0.25) is 4.79 Å². The van der Waals surface area contributed by atoms with E-state index in [1.165, 1.54) is 5.56 Å². The highest BCUT2D eigenvalue weighted by atomic mass is 35.5. The Morgan fingerprint density at radius 2 is 2.00 bits per heavy atom. The lowest BCUT2D eigenvalue weighted by molar-refractivity contribution is -0.121. The number of hydrogen-bond acceptors (Lipinski definition) is 1. The maximum absolute atomic E-state index is 11.5. The minimum absolute atomic E-state index is 0.198. The average Bonchev–Trinajstić information content (AvgIpc) is 2.30. The lowest BCUT2D eigenvalue weighted by Crippen LogP contribution is -2.30. The lowest BCUT2D eigenvalue weighted by atomic mass is 9.70. The maximum Gasteiger partial charge on any atom is 0.227 e.